The van der Waals surface area contributed by atoms with Gasteiger partial charge in [-0.05, 0) is 32.4 Å². The Hall–Kier alpha value is -1.44. The van der Waals surface area contributed by atoms with Gasteiger partial charge in [0.2, 0.25) is 0 Å². The number of H-pyrrole nitrogens is 1. The van der Waals surface area contributed by atoms with Crippen molar-refractivity contribution < 1.29 is 4.74 Å². The third-order valence-electron chi connectivity index (χ3n) is 2.25. The van der Waals surface area contributed by atoms with Crippen LogP contribution in [0.2, 0.25) is 0 Å². The zero-order valence-electron chi connectivity index (χ0n) is 8.79. The number of para-hydroxylation sites is 1. The molecule has 0 amide bonds. The van der Waals surface area contributed by atoms with Crippen molar-refractivity contribution in [2.75, 3.05) is 0 Å². The second-order valence-electron chi connectivity index (χ2n) is 3.82. The van der Waals surface area contributed by atoms with Crippen LogP contribution in [0.25, 0.3) is 10.9 Å². The lowest BCUT2D eigenvalue weighted by atomic mass is 10.2. The van der Waals surface area contributed by atoms with E-state index in [1.807, 2.05) is 32.2 Å². The molecule has 0 aliphatic carbocycles. The van der Waals surface area contributed by atoms with Crippen molar-refractivity contribution in [2.24, 2.45) is 0 Å². The monoisotopic (exact) mass is 189 g/mol. The third kappa shape index (κ3) is 1.48. The van der Waals surface area contributed by atoms with Gasteiger partial charge in [-0.15, -0.1) is 0 Å². The molecular formula is C12H15NO. The van der Waals surface area contributed by atoms with Crippen molar-refractivity contribution in [1.82, 2.24) is 4.98 Å². The van der Waals surface area contributed by atoms with Crippen LogP contribution in [0.4, 0.5) is 0 Å². The van der Waals surface area contributed by atoms with Crippen LogP contribution >= 0.6 is 0 Å². The maximum Gasteiger partial charge on any atom is 0.143 e. The fourth-order valence-electron chi connectivity index (χ4n) is 1.62. The summed E-state index contributed by atoms with van der Waals surface area (Å²) < 4.78 is 5.71. The van der Waals surface area contributed by atoms with Crippen molar-refractivity contribution in [3.63, 3.8) is 0 Å². The molecule has 0 fully saturated rings. The molecule has 74 valence electrons. The molecule has 14 heavy (non-hydrogen) atoms. The molecule has 0 radical (unpaired) electrons. The van der Waals surface area contributed by atoms with Crippen molar-refractivity contribution >= 4 is 10.9 Å². The standard InChI is InChI=1S/C12H15NO/c1-8(2)14-11-6-4-5-10-9(3)7-13-12(10)11/h4-8,13H,1-3H3. The zero-order valence-corrected chi connectivity index (χ0v) is 8.79. The fraction of sp³-hybridized carbons (Fsp3) is 0.333. The van der Waals surface area contributed by atoms with Crippen molar-refractivity contribution in [1.29, 1.82) is 0 Å². The summed E-state index contributed by atoms with van der Waals surface area (Å²) in [6.45, 7) is 6.17. The minimum Gasteiger partial charge on any atom is -0.489 e. The number of hydrogen-bond donors (Lipinski definition) is 1. The van der Waals surface area contributed by atoms with E-state index in [1.54, 1.807) is 0 Å². The second kappa shape index (κ2) is 3.37. The van der Waals surface area contributed by atoms with Gasteiger partial charge in [-0.25, -0.2) is 0 Å². The molecule has 0 bridgehead atoms. The molecule has 1 heterocycles. The van der Waals surface area contributed by atoms with E-state index in [9.17, 15) is 0 Å². The molecule has 0 saturated heterocycles. The Morgan fingerprint density at radius 2 is 2.07 bits per heavy atom. The Labute approximate surface area is 83.9 Å². The van der Waals surface area contributed by atoms with Gasteiger partial charge in [-0.3, -0.25) is 0 Å². The van der Waals surface area contributed by atoms with Crippen LogP contribution in [0.5, 0.6) is 5.75 Å². The van der Waals surface area contributed by atoms with Gasteiger partial charge >= 0.3 is 0 Å². The average molecular weight is 189 g/mol. The number of ether oxygens (including phenoxy) is 1. The second-order valence-corrected chi connectivity index (χ2v) is 3.82. The van der Waals surface area contributed by atoms with E-state index in [4.69, 9.17) is 4.74 Å². The number of hydrogen-bond acceptors (Lipinski definition) is 1. The van der Waals surface area contributed by atoms with Gasteiger partial charge in [0.1, 0.15) is 5.75 Å². The van der Waals surface area contributed by atoms with Crippen LogP contribution in [0.15, 0.2) is 24.4 Å². The number of fused-ring (bicyclic) bond motifs is 1. The molecule has 0 unspecified atom stereocenters. The van der Waals surface area contributed by atoms with Crippen LogP contribution in [-0.4, -0.2) is 11.1 Å². The smallest absolute Gasteiger partial charge is 0.143 e. The molecule has 2 nitrogen and oxygen atoms in total. The molecule has 2 heteroatoms. The lowest BCUT2D eigenvalue weighted by Crippen LogP contribution is -2.05. The zero-order chi connectivity index (χ0) is 10.1. The molecule has 2 aromatic rings. The first-order valence-electron chi connectivity index (χ1n) is 4.92. The predicted molar refractivity (Wildman–Crippen MR) is 58.8 cm³/mol. The molecule has 0 spiro atoms. The van der Waals surface area contributed by atoms with Crippen molar-refractivity contribution in [3.8, 4) is 5.75 Å². The normalized spacial score (nSPS) is 11.1. The molecular weight excluding hydrogens is 174 g/mol. The van der Waals surface area contributed by atoms with E-state index in [0.717, 1.165) is 11.3 Å². The Morgan fingerprint density at radius 3 is 2.79 bits per heavy atom. The van der Waals surface area contributed by atoms with Gasteiger partial charge in [-0.1, -0.05) is 12.1 Å². The van der Waals surface area contributed by atoms with Crippen molar-refractivity contribution in [2.45, 2.75) is 26.9 Å². The van der Waals surface area contributed by atoms with Gasteiger partial charge in [0, 0.05) is 11.6 Å². The summed E-state index contributed by atoms with van der Waals surface area (Å²) in [7, 11) is 0. The quantitative estimate of drug-likeness (QED) is 0.770. The van der Waals surface area contributed by atoms with E-state index < -0.39 is 0 Å². The SMILES string of the molecule is Cc1c[nH]c2c(OC(C)C)cccc12. The molecule has 1 N–H and O–H groups in total. The average Bonchev–Trinajstić information content (AvgIpc) is 2.49. The number of aryl methyl sites for hydroxylation is 1. The molecule has 1 aromatic heterocycles. The highest BCUT2D eigenvalue weighted by molar-refractivity contribution is 5.88. The molecule has 0 aliphatic rings. The van der Waals surface area contributed by atoms with Crippen LogP contribution in [-0.2, 0) is 0 Å². The Bertz CT molecular complexity index is 443. The number of nitrogens with one attached hydrogen (secondary N) is 1. The number of aromatic nitrogens is 1. The number of benzene rings is 1. The summed E-state index contributed by atoms with van der Waals surface area (Å²) in [6.07, 6.45) is 2.22. The van der Waals surface area contributed by atoms with Gasteiger partial charge in [-0.2, -0.15) is 0 Å². The van der Waals surface area contributed by atoms with E-state index >= 15 is 0 Å². The topological polar surface area (TPSA) is 25.0 Å². The summed E-state index contributed by atoms with van der Waals surface area (Å²) in [6, 6.07) is 6.13. The predicted octanol–water partition coefficient (Wildman–Crippen LogP) is 3.26. The highest BCUT2D eigenvalue weighted by Crippen LogP contribution is 2.27. The Balaban J connectivity index is 2.54. The lowest BCUT2D eigenvalue weighted by Gasteiger charge is -2.10. The summed E-state index contributed by atoms with van der Waals surface area (Å²) in [5.41, 5.74) is 2.35. The highest BCUT2D eigenvalue weighted by Gasteiger charge is 2.06. The summed E-state index contributed by atoms with van der Waals surface area (Å²) in [5, 5.41) is 1.24. The van der Waals surface area contributed by atoms with Crippen LogP contribution in [0.1, 0.15) is 19.4 Å². The minimum absolute atomic E-state index is 0.212. The molecule has 0 aliphatic heterocycles. The first-order valence-corrected chi connectivity index (χ1v) is 4.92. The minimum atomic E-state index is 0.212. The third-order valence-corrected chi connectivity index (χ3v) is 2.25. The van der Waals surface area contributed by atoms with E-state index in [1.165, 1.54) is 10.9 Å². The first kappa shape index (κ1) is 9.13. The van der Waals surface area contributed by atoms with Crippen molar-refractivity contribution in [3.05, 3.63) is 30.0 Å². The molecule has 1 aromatic carbocycles. The van der Waals surface area contributed by atoms with Crippen LogP contribution in [0.3, 0.4) is 0 Å². The van der Waals surface area contributed by atoms with E-state index in [-0.39, 0.29) is 6.10 Å². The Kier molecular flexibility index (Phi) is 2.20. The van der Waals surface area contributed by atoms with E-state index in [0.29, 0.717) is 0 Å². The van der Waals surface area contributed by atoms with Crippen LogP contribution < -0.4 is 4.74 Å². The number of aromatic amines is 1. The summed E-state index contributed by atoms with van der Waals surface area (Å²) >= 11 is 0. The molecule has 2 rings (SSSR count). The van der Waals surface area contributed by atoms with Gasteiger partial charge in [0.25, 0.3) is 0 Å². The summed E-state index contributed by atoms with van der Waals surface area (Å²) in [4.78, 5) is 3.24. The highest BCUT2D eigenvalue weighted by atomic mass is 16.5. The maximum atomic E-state index is 5.71. The van der Waals surface area contributed by atoms with E-state index in [2.05, 4.69) is 18.0 Å². The van der Waals surface area contributed by atoms with Crippen LogP contribution in [0, 0.1) is 6.92 Å². The van der Waals surface area contributed by atoms with Gasteiger partial charge in [0.15, 0.2) is 0 Å². The lowest BCUT2D eigenvalue weighted by molar-refractivity contribution is 0.245. The molecule has 0 saturated carbocycles. The summed E-state index contributed by atoms with van der Waals surface area (Å²) in [5.74, 6) is 0.936. The Morgan fingerprint density at radius 1 is 1.29 bits per heavy atom. The molecule has 0 atom stereocenters. The van der Waals surface area contributed by atoms with Gasteiger partial charge in [0.05, 0.1) is 11.6 Å². The number of rotatable bonds is 2. The first-order chi connectivity index (χ1) is 6.68. The van der Waals surface area contributed by atoms with Gasteiger partial charge < -0.3 is 9.72 Å². The largest absolute Gasteiger partial charge is 0.489 e. The maximum absolute atomic E-state index is 5.71. The fourth-order valence-corrected chi connectivity index (χ4v) is 1.62.